The third-order valence-corrected chi connectivity index (χ3v) is 4.92. The number of rotatable bonds is 2. The maximum absolute atomic E-state index is 12.6. The lowest BCUT2D eigenvalue weighted by Crippen LogP contribution is -2.47. The second-order valence-electron chi connectivity index (χ2n) is 6.80. The Balaban J connectivity index is 1.49. The number of hydrogen-bond donors (Lipinski definition) is 2. The summed E-state index contributed by atoms with van der Waals surface area (Å²) in [6.07, 6.45) is 5.59. The zero-order chi connectivity index (χ0) is 16.7. The zero-order valence-corrected chi connectivity index (χ0v) is 14.1. The minimum Gasteiger partial charge on any atom is -0.334 e. The number of urea groups is 1. The highest BCUT2D eigenvalue weighted by atomic mass is 16.2. The number of likely N-dealkylation sites (N-methyl/N-ethyl adjacent to an activating group) is 1. The Hall–Kier alpha value is -2.35. The number of aromatic amines is 1. The Morgan fingerprint density at radius 3 is 2.96 bits per heavy atom. The van der Waals surface area contributed by atoms with Crippen LogP contribution in [0.5, 0.6) is 0 Å². The van der Waals surface area contributed by atoms with Crippen LogP contribution in [0, 0.1) is 0 Å². The number of fused-ring (bicyclic) bond motifs is 1. The highest BCUT2D eigenvalue weighted by Crippen LogP contribution is 2.28. The third kappa shape index (κ3) is 2.77. The summed E-state index contributed by atoms with van der Waals surface area (Å²) in [5.74, 6) is 0. The van der Waals surface area contributed by atoms with E-state index in [0.717, 1.165) is 55.0 Å². The molecule has 0 bridgehead atoms. The molecule has 0 saturated carbocycles. The van der Waals surface area contributed by atoms with Crippen LogP contribution in [0.2, 0.25) is 0 Å². The summed E-state index contributed by atoms with van der Waals surface area (Å²) in [6, 6.07) is 0.283. The van der Waals surface area contributed by atoms with Crippen LogP contribution in [0.1, 0.15) is 17.7 Å². The standard InChI is InChI=1S/C16H23N7O/c1-21-5-3-12(9-21)18-16(24)23-6-4-14-13(10-23)15(20-19-14)11-7-17-22(2)8-11/h7-8,12H,3-6,9-10H2,1-2H3,(H,18,24)(H,19,20). The molecule has 0 radical (unpaired) electrons. The third-order valence-electron chi connectivity index (χ3n) is 4.92. The van der Waals surface area contributed by atoms with Crippen molar-refractivity contribution in [2.24, 2.45) is 7.05 Å². The van der Waals surface area contributed by atoms with E-state index in [0.29, 0.717) is 6.54 Å². The molecule has 2 amide bonds. The average molecular weight is 329 g/mol. The van der Waals surface area contributed by atoms with Crippen LogP contribution in [0.3, 0.4) is 0 Å². The van der Waals surface area contributed by atoms with Gasteiger partial charge in [0.2, 0.25) is 0 Å². The van der Waals surface area contributed by atoms with E-state index in [4.69, 9.17) is 0 Å². The number of nitrogens with zero attached hydrogens (tertiary/aromatic N) is 5. The van der Waals surface area contributed by atoms with E-state index >= 15 is 0 Å². The number of aryl methyl sites for hydroxylation is 1. The SMILES string of the molecule is CN1CCC(NC(=O)N2CCc3[nH]nc(-c4cnn(C)c4)c3C2)C1. The van der Waals surface area contributed by atoms with E-state index in [2.05, 4.69) is 32.6 Å². The Morgan fingerprint density at radius 2 is 2.25 bits per heavy atom. The largest absolute Gasteiger partial charge is 0.334 e. The predicted molar refractivity (Wildman–Crippen MR) is 89.3 cm³/mol. The van der Waals surface area contributed by atoms with Gasteiger partial charge in [0.05, 0.1) is 12.7 Å². The second-order valence-corrected chi connectivity index (χ2v) is 6.80. The van der Waals surface area contributed by atoms with Crippen molar-refractivity contribution in [3.05, 3.63) is 23.7 Å². The molecule has 8 heteroatoms. The highest BCUT2D eigenvalue weighted by Gasteiger charge is 2.28. The van der Waals surface area contributed by atoms with Crippen LogP contribution < -0.4 is 5.32 Å². The molecule has 1 fully saturated rings. The van der Waals surface area contributed by atoms with Gasteiger partial charge in [0.25, 0.3) is 0 Å². The molecule has 1 atom stereocenters. The van der Waals surface area contributed by atoms with Crippen molar-refractivity contribution >= 4 is 6.03 Å². The van der Waals surface area contributed by atoms with Gasteiger partial charge in [-0.05, 0) is 20.0 Å². The number of carbonyl (C=O) groups excluding carboxylic acids is 1. The number of hydrogen-bond acceptors (Lipinski definition) is 4. The normalized spacial score (nSPS) is 21.1. The molecule has 4 rings (SSSR count). The summed E-state index contributed by atoms with van der Waals surface area (Å²) in [5.41, 5.74) is 4.11. The molecule has 2 N–H and O–H groups in total. The van der Waals surface area contributed by atoms with Gasteiger partial charge in [-0.1, -0.05) is 0 Å². The van der Waals surface area contributed by atoms with Crippen LogP contribution in [-0.4, -0.2) is 68.5 Å². The van der Waals surface area contributed by atoms with Crippen molar-refractivity contribution in [3.8, 4) is 11.3 Å². The van der Waals surface area contributed by atoms with Crippen molar-refractivity contribution in [2.75, 3.05) is 26.7 Å². The predicted octanol–water partition coefficient (Wildman–Crippen LogP) is 0.582. The minimum atomic E-state index is 0.0271. The number of H-pyrrole nitrogens is 1. The van der Waals surface area contributed by atoms with Crippen LogP contribution in [0.4, 0.5) is 4.79 Å². The fourth-order valence-electron chi connectivity index (χ4n) is 3.57. The van der Waals surface area contributed by atoms with Gasteiger partial charge >= 0.3 is 6.03 Å². The van der Waals surface area contributed by atoms with E-state index in [1.54, 1.807) is 4.68 Å². The smallest absolute Gasteiger partial charge is 0.317 e. The fourth-order valence-corrected chi connectivity index (χ4v) is 3.57. The van der Waals surface area contributed by atoms with Gasteiger partial charge < -0.3 is 15.1 Å². The molecule has 1 saturated heterocycles. The molecular weight excluding hydrogens is 306 g/mol. The van der Waals surface area contributed by atoms with Crippen molar-refractivity contribution < 1.29 is 4.79 Å². The van der Waals surface area contributed by atoms with Gasteiger partial charge in [-0.25, -0.2) is 4.79 Å². The first-order valence-corrected chi connectivity index (χ1v) is 8.39. The molecule has 4 heterocycles. The quantitative estimate of drug-likeness (QED) is 0.844. The molecule has 128 valence electrons. The van der Waals surface area contributed by atoms with E-state index in [9.17, 15) is 4.79 Å². The number of nitrogens with one attached hydrogen (secondary N) is 2. The summed E-state index contributed by atoms with van der Waals surface area (Å²) in [4.78, 5) is 16.7. The number of likely N-dealkylation sites (tertiary alicyclic amines) is 1. The van der Waals surface area contributed by atoms with E-state index in [1.165, 1.54) is 0 Å². The Bertz CT molecular complexity index is 749. The molecule has 24 heavy (non-hydrogen) atoms. The number of carbonyl (C=O) groups is 1. The van der Waals surface area contributed by atoms with Crippen LogP contribution >= 0.6 is 0 Å². The van der Waals surface area contributed by atoms with E-state index in [1.807, 2.05) is 24.3 Å². The molecule has 2 aromatic heterocycles. The number of amides is 2. The average Bonchev–Trinajstić information content (AvgIpc) is 3.26. The molecule has 2 aliphatic rings. The summed E-state index contributed by atoms with van der Waals surface area (Å²) in [5, 5.41) is 14.9. The van der Waals surface area contributed by atoms with Gasteiger partial charge in [0, 0.05) is 55.6 Å². The monoisotopic (exact) mass is 329 g/mol. The van der Waals surface area contributed by atoms with Gasteiger partial charge in [-0.15, -0.1) is 0 Å². The molecule has 0 spiro atoms. The Morgan fingerprint density at radius 1 is 1.38 bits per heavy atom. The first-order chi connectivity index (χ1) is 11.6. The zero-order valence-electron chi connectivity index (χ0n) is 14.1. The minimum absolute atomic E-state index is 0.0271. The van der Waals surface area contributed by atoms with Crippen molar-refractivity contribution in [1.82, 2.24) is 35.1 Å². The maximum atomic E-state index is 12.6. The molecule has 2 aromatic rings. The molecular formula is C16H23N7O. The van der Waals surface area contributed by atoms with Crippen molar-refractivity contribution in [1.29, 1.82) is 0 Å². The summed E-state index contributed by atoms with van der Waals surface area (Å²) in [7, 11) is 3.98. The van der Waals surface area contributed by atoms with E-state index in [-0.39, 0.29) is 12.1 Å². The molecule has 1 unspecified atom stereocenters. The van der Waals surface area contributed by atoms with E-state index < -0.39 is 0 Å². The first kappa shape index (κ1) is 15.2. The maximum Gasteiger partial charge on any atom is 0.317 e. The lowest BCUT2D eigenvalue weighted by molar-refractivity contribution is 0.188. The first-order valence-electron chi connectivity index (χ1n) is 8.39. The highest BCUT2D eigenvalue weighted by molar-refractivity contribution is 5.75. The topological polar surface area (TPSA) is 82.1 Å². The summed E-state index contributed by atoms with van der Waals surface area (Å²) < 4.78 is 1.76. The van der Waals surface area contributed by atoms with Gasteiger partial charge in [0.1, 0.15) is 5.69 Å². The fraction of sp³-hybridized carbons (Fsp3) is 0.562. The Labute approximate surface area is 140 Å². The molecule has 8 nitrogen and oxygen atoms in total. The lowest BCUT2D eigenvalue weighted by Gasteiger charge is -2.28. The summed E-state index contributed by atoms with van der Waals surface area (Å²) >= 11 is 0. The Kier molecular flexibility index (Phi) is 3.76. The number of aromatic nitrogens is 4. The molecule has 0 aliphatic carbocycles. The van der Waals surface area contributed by atoms with Gasteiger partial charge in [-0.2, -0.15) is 10.2 Å². The van der Waals surface area contributed by atoms with Crippen LogP contribution in [-0.2, 0) is 20.0 Å². The second kappa shape index (κ2) is 5.94. The summed E-state index contributed by atoms with van der Waals surface area (Å²) in [6.45, 7) is 3.28. The van der Waals surface area contributed by atoms with Crippen LogP contribution in [0.25, 0.3) is 11.3 Å². The van der Waals surface area contributed by atoms with Gasteiger partial charge in [-0.3, -0.25) is 9.78 Å². The van der Waals surface area contributed by atoms with Crippen LogP contribution in [0.15, 0.2) is 12.4 Å². The molecule has 0 aromatic carbocycles. The lowest BCUT2D eigenvalue weighted by atomic mass is 10.0. The van der Waals surface area contributed by atoms with Crippen molar-refractivity contribution in [3.63, 3.8) is 0 Å². The van der Waals surface area contributed by atoms with Gasteiger partial charge in [0.15, 0.2) is 0 Å². The van der Waals surface area contributed by atoms with Crippen molar-refractivity contribution in [2.45, 2.75) is 25.4 Å². The molecule has 2 aliphatic heterocycles.